The zero-order chi connectivity index (χ0) is 23.6. The SMILES string of the molecule is Cc1ccc2c(c1)-c1ccccc1S(=O)(=O)N2CC(=O)NCCSCc1c(Cl)cccc1Cl. The Morgan fingerprint density at radius 1 is 1.00 bits per heavy atom. The molecule has 0 fully saturated rings. The van der Waals surface area contributed by atoms with Crippen molar-refractivity contribution in [2.45, 2.75) is 17.6 Å². The zero-order valence-corrected chi connectivity index (χ0v) is 21.0. The van der Waals surface area contributed by atoms with Gasteiger partial charge in [-0.3, -0.25) is 9.10 Å². The van der Waals surface area contributed by atoms with Crippen LogP contribution in [0, 0.1) is 6.92 Å². The van der Waals surface area contributed by atoms with Gasteiger partial charge < -0.3 is 5.32 Å². The third-order valence-electron chi connectivity index (χ3n) is 5.33. The molecule has 33 heavy (non-hydrogen) atoms. The number of thioether (sulfide) groups is 1. The highest BCUT2D eigenvalue weighted by Crippen LogP contribution is 2.43. The lowest BCUT2D eigenvalue weighted by atomic mass is 10.0. The molecule has 1 N–H and O–H groups in total. The first kappa shape index (κ1) is 24.0. The summed E-state index contributed by atoms with van der Waals surface area (Å²) in [5.41, 5.74) is 3.85. The standard InChI is InChI=1S/C24H22Cl2N2O3S2/c1-16-9-10-22-18(13-16)17-5-2-3-8-23(17)33(30,31)28(22)14-24(29)27-11-12-32-15-19-20(25)6-4-7-21(19)26/h2-10,13H,11-12,14-15H2,1H3,(H,27,29). The van der Waals surface area contributed by atoms with Crippen molar-refractivity contribution in [1.82, 2.24) is 5.32 Å². The second-order valence-electron chi connectivity index (χ2n) is 7.63. The van der Waals surface area contributed by atoms with Gasteiger partial charge >= 0.3 is 0 Å². The topological polar surface area (TPSA) is 66.5 Å². The second-order valence-corrected chi connectivity index (χ2v) is 11.4. The Hall–Kier alpha value is -2.19. The Bertz CT molecular complexity index is 1290. The molecule has 0 atom stereocenters. The number of halogens is 2. The minimum absolute atomic E-state index is 0.211. The maximum Gasteiger partial charge on any atom is 0.265 e. The normalized spacial score (nSPS) is 13.8. The fraction of sp³-hybridized carbons (Fsp3) is 0.208. The lowest BCUT2D eigenvalue weighted by molar-refractivity contribution is -0.119. The minimum Gasteiger partial charge on any atom is -0.354 e. The number of carbonyl (C=O) groups is 1. The van der Waals surface area contributed by atoms with Crippen LogP contribution in [0.4, 0.5) is 5.69 Å². The van der Waals surface area contributed by atoms with Gasteiger partial charge in [-0.25, -0.2) is 8.42 Å². The lowest BCUT2D eigenvalue weighted by Gasteiger charge is -2.31. The van der Waals surface area contributed by atoms with Crippen molar-refractivity contribution in [3.63, 3.8) is 0 Å². The largest absolute Gasteiger partial charge is 0.354 e. The van der Waals surface area contributed by atoms with Gasteiger partial charge in [0.2, 0.25) is 5.91 Å². The fourth-order valence-electron chi connectivity index (χ4n) is 3.71. The fourth-order valence-corrected chi connectivity index (χ4v) is 6.95. The number of amides is 1. The number of anilines is 1. The number of hydrogen-bond donors (Lipinski definition) is 1. The van der Waals surface area contributed by atoms with E-state index in [0.29, 0.717) is 39.3 Å². The van der Waals surface area contributed by atoms with Crippen molar-refractivity contribution in [1.29, 1.82) is 0 Å². The van der Waals surface area contributed by atoms with Crippen LogP contribution >= 0.6 is 35.0 Å². The van der Waals surface area contributed by atoms with Crippen molar-refractivity contribution in [2.24, 2.45) is 0 Å². The highest BCUT2D eigenvalue weighted by molar-refractivity contribution is 7.98. The summed E-state index contributed by atoms with van der Waals surface area (Å²) in [4.78, 5) is 12.9. The van der Waals surface area contributed by atoms with Gasteiger partial charge in [-0.05, 0) is 42.8 Å². The zero-order valence-electron chi connectivity index (χ0n) is 17.8. The molecule has 0 spiro atoms. The monoisotopic (exact) mass is 520 g/mol. The Morgan fingerprint density at radius 3 is 2.48 bits per heavy atom. The van der Waals surface area contributed by atoms with E-state index in [4.69, 9.17) is 23.2 Å². The quantitative estimate of drug-likeness (QED) is 0.416. The van der Waals surface area contributed by atoms with Crippen LogP contribution in [0.2, 0.25) is 10.0 Å². The van der Waals surface area contributed by atoms with Gasteiger partial charge in [-0.2, -0.15) is 11.8 Å². The molecule has 1 heterocycles. The molecule has 0 saturated heterocycles. The van der Waals surface area contributed by atoms with Crippen LogP contribution < -0.4 is 9.62 Å². The van der Waals surface area contributed by atoms with E-state index in [1.54, 1.807) is 54.2 Å². The number of nitrogens with one attached hydrogen (secondary N) is 1. The number of benzene rings is 3. The van der Waals surface area contributed by atoms with Crippen molar-refractivity contribution in [2.75, 3.05) is 23.1 Å². The van der Waals surface area contributed by atoms with E-state index in [1.807, 2.05) is 25.1 Å². The summed E-state index contributed by atoms with van der Waals surface area (Å²) >= 11 is 14.0. The molecule has 0 aliphatic carbocycles. The molecule has 5 nitrogen and oxygen atoms in total. The first-order valence-electron chi connectivity index (χ1n) is 10.3. The number of aryl methyl sites for hydroxylation is 1. The van der Waals surface area contributed by atoms with Gasteiger partial charge in [0.1, 0.15) is 6.54 Å². The van der Waals surface area contributed by atoms with Crippen LogP contribution in [0.3, 0.4) is 0 Å². The number of fused-ring (bicyclic) bond motifs is 3. The number of carbonyl (C=O) groups excluding carboxylic acids is 1. The van der Waals surface area contributed by atoms with Crippen molar-refractivity contribution in [3.05, 3.63) is 81.8 Å². The van der Waals surface area contributed by atoms with Gasteiger partial charge in [-0.1, -0.05) is 59.1 Å². The molecule has 0 saturated carbocycles. The number of rotatable bonds is 7. The molecular weight excluding hydrogens is 499 g/mol. The molecule has 9 heteroatoms. The van der Waals surface area contributed by atoms with Gasteiger partial charge in [0.25, 0.3) is 10.0 Å². The molecule has 3 aromatic carbocycles. The molecule has 4 rings (SSSR count). The highest BCUT2D eigenvalue weighted by Gasteiger charge is 2.35. The number of hydrogen-bond acceptors (Lipinski definition) is 4. The average molecular weight is 521 g/mol. The maximum atomic E-state index is 13.3. The van der Waals surface area contributed by atoms with Gasteiger partial charge in [-0.15, -0.1) is 0 Å². The molecule has 0 radical (unpaired) electrons. The van der Waals surface area contributed by atoms with Crippen LogP contribution in [0.25, 0.3) is 11.1 Å². The van der Waals surface area contributed by atoms with Crippen LogP contribution in [0.15, 0.2) is 65.6 Å². The van der Waals surface area contributed by atoms with E-state index in [1.165, 1.54) is 4.31 Å². The van der Waals surface area contributed by atoms with Crippen molar-refractivity contribution < 1.29 is 13.2 Å². The van der Waals surface area contributed by atoms with E-state index in [9.17, 15) is 13.2 Å². The molecule has 1 aliphatic rings. The Morgan fingerprint density at radius 2 is 1.73 bits per heavy atom. The first-order chi connectivity index (χ1) is 15.8. The van der Waals surface area contributed by atoms with E-state index >= 15 is 0 Å². The highest BCUT2D eigenvalue weighted by atomic mass is 35.5. The molecular formula is C24H22Cl2N2O3S2. The third-order valence-corrected chi connectivity index (χ3v) is 8.84. The molecule has 0 unspecified atom stereocenters. The van der Waals surface area contributed by atoms with Crippen LogP contribution in [-0.2, 0) is 20.6 Å². The molecule has 3 aromatic rings. The Kier molecular flexibility index (Phi) is 7.24. The predicted octanol–water partition coefficient (Wildman–Crippen LogP) is 5.53. The summed E-state index contributed by atoms with van der Waals surface area (Å²) in [7, 11) is -3.85. The summed E-state index contributed by atoms with van der Waals surface area (Å²) < 4.78 is 27.8. The molecule has 1 aliphatic heterocycles. The minimum atomic E-state index is -3.85. The van der Waals surface area contributed by atoms with Crippen molar-refractivity contribution in [3.8, 4) is 11.1 Å². The first-order valence-corrected chi connectivity index (χ1v) is 13.6. The van der Waals surface area contributed by atoms with Crippen LogP contribution in [0.5, 0.6) is 0 Å². The maximum absolute atomic E-state index is 13.3. The average Bonchev–Trinajstić information content (AvgIpc) is 2.78. The summed E-state index contributed by atoms with van der Waals surface area (Å²) in [5.74, 6) is 0.901. The van der Waals surface area contributed by atoms with Crippen molar-refractivity contribution >= 4 is 56.6 Å². The van der Waals surface area contributed by atoms with E-state index in [-0.39, 0.29) is 17.3 Å². The van der Waals surface area contributed by atoms with E-state index < -0.39 is 10.0 Å². The van der Waals surface area contributed by atoms with Gasteiger partial charge in [0.15, 0.2) is 0 Å². The van der Waals surface area contributed by atoms with Crippen LogP contribution in [-0.4, -0.2) is 33.2 Å². The van der Waals surface area contributed by atoms with E-state index in [2.05, 4.69) is 5.32 Å². The summed E-state index contributed by atoms with van der Waals surface area (Å²) in [6.45, 7) is 2.07. The summed E-state index contributed by atoms with van der Waals surface area (Å²) in [6.07, 6.45) is 0. The van der Waals surface area contributed by atoms with Crippen LogP contribution in [0.1, 0.15) is 11.1 Å². The molecule has 0 aromatic heterocycles. The molecule has 172 valence electrons. The van der Waals surface area contributed by atoms with E-state index in [0.717, 1.165) is 16.7 Å². The Balaban J connectivity index is 1.42. The smallest absolute Gasteiger partial charge is 0.265 e. The van der Waals surface area contributed by atoms with Gasteiger partial charge in [0.05, 0.1) is 10.6 Å². The summed E-state index contributed by atoms with van der Waals surface area (Å²) in [6, 6.07) is 17.8. The number of sulfonamides is 1. The third kappa shape index (κ3) is 5.01. The lowest BCUT2D eigenvalue weighted by Crippen LogP contribution is -2.43. The number of nitrogens with zero attached hydrogens (tertiary/aromatic N) is 1. The summed E-state index contributed by atoms with van der Waals surface area (Å²) in [5, 5.41) is 4.05. The predicted molar refractivity (Wildman–Crippen MR) is 137 cm³/mol. The molecule has 0 bridgehead atoms. The molecule has 1 amide bonds. The second kappa shape index (κ2) is 9.97. The van der Waals surface area contributed by atoms with Gasteiger partial charge in [0, 0.05) is 39.2 Å². The Labute approximate surface area is 208 Å².